The highest BCUT2D eigenvalue weighted by atomic mass is 16.3. The summed E-state index contributed by atoms with van der Waals surface area (Å²) < 4.78 is 0. The van der Waals surface area contributed by atoms with Crippen LogP contribution in [0.15, 0.2) is 48.5 Å². The number of phenolic OH excluding ortho intramolecular Hbond substituents is 3. The minimum absolute atomic E-state index is 0.280. The van der Waals surface area contributed by atoms with Crippen LogP contribution < -0.4 is 0 Å². The van der Waals surface area contributed by atoms with Crippen molar-refractivity contribution in [2.45, 2.75) is 147 Å². The second-order valence-electron chi connectivity index (χ2n) is 14.1. The Labute approximate surface area is 266 Å². The highest BCUT2D eigenvalue weighted by Crippen LogP contribution is 2.51. The number of unbranched alkanes of at least 4 members (excludes halogenated alkanes) is 5. The van der Waals surface area contributed by atoms with Gasteiger partial charge in [0.05, 0.1) is 0 Å². The minimum atomic E-state index is -0.522. The standard InChI is InChI=1S/C41H56O3/c1-4-5-6-7-8-15-23-41(33-21-16-22-34(42)26-33,37-27-35(39(43)24-29(37)2)31-17-11-9-12-18-31)38-28-36(40(44)25-30(38)3)32-19-13-10-14-20-32/h16,21-22,24-28,31-32,42-44H,4-15,17-20,23H2,1-3H3. The van der Waals surface area contributed by atoms with E-state index in [9.17, 15) is 15.3 Å². The summed E-state index contributed by atoms with van der Waals surface area (Å²) in [7, 11) is 0. The van der Waals surface area contributed by atoms with Gasteiger partial charge in [-0.1, -0.05) is 108 Å². The summed E-state index contributed by atoms with van der Waals surface area (Å²) in [4.78, 5) is 0. The van der Waals surface area contributed by atoms with Crippen molar-refractivity contribution in [3.8, 4) is 17.2 Å². The molecule has 3 N–H and O–H groups in total. The molecule has 0 atom stereocenters. The van der Waals surface area contributed by atoms with Crippen molar-refractivity contribution in [1.29, 1.82) is 0 Å². The molecule has 5 rings (SSSR count). The van der Waals surface area contributed by atoms with Crippen LogP contribution >= 0.6 is 0 Å². The van der Waals surface area contributed by atoms with Gasteiger partial charge in [0.2, 0.25) is 0 Å². The monoisotopic (exact) mass is 596 g/mol. The molecule has 0 aromatic heterocycles. The van der Waals surface area contributed by atoms with Gasteiger partial charge in [-0.15, -0.1) is 0 Å². The summed E-state index contributed by atoms with van der Waals surface area (Å²) in [5, 5.41) is 33.6. The second kappa shape index (κ2) is 14.9. The molecule has 0 spiro atoms. The quantitative estimate of drug-likeness (QED) is 0.144. The Morgan fingerprint density at radius 2 is 1.11 bits per heavy atom. The topological polar surface area (TPSA) is 60.7 Å². The number of hydrogen-bond acceptors (Lipinski definition) is 3. The lowest BCUT2D eigenvalue weighted by molar-refractivity contribution is 0.410. The molecular formula is C41H56O3. The average molecular weight is 597 g/mol. The third kappa shape index (κ3) is 6.98. The summed E-state index contributed by atoms with van der Waals surface area (Å²) in [6, 6.07) is 16.6. The molecule has 0 saturated heterocycles. The van der Waals surface area contributed by atoms with E-state index in [1.807, 2.05) is 24.3 Å². The number of rotatable bonds is 12. The smallest absolute Gasteiger partial charge is 0.119 e. The van der Waals surface area contributed by atoms with Gasteiger partial charge in [0.25, 0.3) is 0 Å². The first-order valence-electron chi connectivity index (χ1n) is 17.8. The van der Waals surface area contributed by atoms with Crippen LogP contribution in [0.2, 0.25) is 0 Å². The molecule has 0 bridgehead atoms. The zero-order valence-corrected chi connectivity index (χ0v) is 27.6. The molecule has 0 amide bonds. The van der Waals surface area contributed by atoms with Crippen LogP contribution in [-0.4, -0.2) is 15.3 Å². The maximum Gasteiger partial charge on any atom is 0.119 e. The highest BCUT2D eigenvalue weighted by Gasteiger charge is 2.40. The molecule has 238 valence electrons. The first-order chi connectivity index (χ1) is 21.3. The lowest BCUT2D eigenvalue weighted by atomic mass is 9.63. The normalized spacial score (nSPS) is 16.8. The zero-order valence-electron chi connectivity index (χ0n) is 27.6. The van der Waals surface area contributed by atoms with Crippen LogP contribution in [0.3, 0.4) is 0 Å². The fourth-order valence-corrected chi connectivity index (χ4v) is 8.63. The molecule has 0 heterocycles. The van der Waals surface area contributed by atoms with E-state index < -0.39 is 5.41 Å². The van der Waals surface area contributed by atoms with Gasteiger partial charge in [-0.3, -0.25) is 0 Å². The van der Waals surface area contributed by atoms with Crippen molar-refractivity contribution in [2.24, 2.45) is 0 Å². The number of aromatic hydroxyl groups is 3. The fourth-order valence-electron chi connectivity index (χ4n) is 8.63. The van der Waals surface area contributed by atoms with Crippen molar-refractivity contribution < 1.29 is 15.3 Å². The Bertz CT molecular complexity index is 1300. The van der Waals surface area contributed by atoms with Crippen LogP contribution in [0.5, 0.6) is 17.2 Å². The van der Waals surface area contributed by atoms with Crippen LogP contribution in [-0.2, 0) is 5.41 Å². The molecule has 3 nitrogen and oxygen atoms in total. The minimum Gasteiger partial charge on any atom is -0.508 e. The molecule has 2 aliphatic carbocycles. The van der Waals surface area contributed by atoms with Crippen molar-refractivity contribution in [1.82, 2.24) is 0 Å². The third-order valence-electron chi connectivity index (χ3n) is 11.0. The molecule has 0 aliphatic heterocycles. The summed E-state index contributed by atoms with van der Waals surface area (Å²) in [6.45, 7) is 6.56. The van der Waals surface area contributed by atoms with E-state index in [2.05, 4.69) is 39.0 Å². The van der Waals surface area contributed by atoms with E-state index in [4.69, 9.17) is 0 Å². The van der Waals surface area contributed by atoms with Gasteiger partial charge in [0, 0.05) is 5.41 Å². The Balaban J connectivity index is 1.74. The average Bonchev–Trinajstić information content (AvgIpc) is 3.02. The summed E-state index contributed by atoms with van der Waals surface area (Å²) >= 11 is 0. The molecule has 0 unspecified atom stereocenters. The molecule has 3 heteroatoms. The summed E-state index contributed by atoms with van der Waals surface area (Å²) in [5.74, 6) is 1.87. The van der Waals surface area contributed by atoms with E-state index in [1.165, 1.54) is 81.8 Å². The Kier molecular flexibility index (Phi) is 11.0. The zero-order chi connectivity index (χ0) is 31.1. The second-order valence-corrected chi connectivity index (χ2v) is 14.1. The molecule has 0 radical (unpaired) electrons. The number of benzene rings is 3. The lowest BCUT2D eigenvalue weighted by Gasteiger charge is -2.40. The van der Waals surface area contributed by atoms with E-state index >= 15 is 0 Å². The SMILES string of the molecule is CCCCCCCCC(c1cccc(O)c1)(c1cc(C2CCCCC2)c(O)cc1C)c1cc(C2CCCCC2)c(O)cc1C. The molecule has 2 fully saturated rings. The first-order valence-corrected chi connectivity index (χ1v) is 17.8. The number of aryl methyl sites for hydroxylation is 2. The largest absolute Gasteiger partial charge is 0.508 e. The predicted molar refractivity (Wildman–Crippen MR) is 183 cm³/mol. The van der Waals surface area contributed by atoms with Gasteiger partial charge in [0.1, 0.15) is 17.2 Å². The van der Waals surface area contributed by atoms with Crippen LogP contribution in [0.4, 0.5) is 0 Å². The van der Waals surface area contributed by atoms with Gasteiger partial charge in [-0.25, -0.2) is 0 Å². The van der Waals surface area contributed by atoms with Gasteiger partial charge in [-0.05, 0) is 121 Å². The van der Waals surface area contributed by atoms with Gasteiger partial charge < -0.3 is 15.3 Å². The van der Waals surface area contributed by atoms with Crippen LogP contribution in [0.1, 0.15) is 167 Å². The molecule has 2 saturated carbocycles. The Morgan fingerprint density at radius 1 is 0.614 bits per heavy atom. The third-order valence-corrected chi connectivity index (χ3v) is 11.0. The Morgan fingerprint density at radius 3 is 1.61 bits per heavy atom. The molecular weight excluding hydrogens is 540 g/mol. The Hall–Kier alpha value is -2.94. The first kappa shape index (κ1) is 32.5. The van der Waals surface area contributed by atoms with Crippen molar-refractivity contribution in [3.63, 3.8) is 0 Å². The van der Waals surface area contributed by atoms with E-state index in [0.29, 0.717) is 23.3 Å². The van der Waals surface area contributed by atoms with E-state index in [1.54, 1.807) is 6.07 Å². The molecule has 3 aromatic rings. The van der Waals surface area contributed by atoms with E-state index in [0.717, 1.165) is 66.3 Å². The maximum absolute atomic E-state index is 11.3. The van der Waals surface area contributed by atoms with Gasteiger partial charge in [-0.2, -0.15) is 0 Å². The van der Waals surface area contributed by atoms with Crippen molar-refractivity contribution >= 4 is 0 Å². The number of hydrogen-bond donors (Lipinski definition) is 3. The van der Waals surface area contributed by atoms with Crippen molar-refractivity contribution in [2.75, 3.05) is 0 Å². The van der Waals surface area contributed by atoms with Crippen LogP contribution in [0.25, 0.3) is 0 Å². The molecule has 2 aliphatic rings. The summed E-state index contributed by atoms with van der Waals surface area (Å²) in [6.07, 6.45) is 20.0. The maximum atomic E-state index is 11.3. The molecule has 44 heavy (non-hydrogen) atoms. The lowest BCUT2D eigenvalue weighted by Crippen LogP contribution is -2.32. The highest BCUT2D eigenvalue weighted by molar-refractivity contribution is 5.61. The number of phenols is 3. The van der Waals surface area contributed by atoms with Crippen molar-refractivity contribution in [3.05, 3.63) is 87.5 Å². The fraction of sp³-hybridized carbons (Fsp3) is 0.561. The summed E-state index contributed by atoms with van der Waals surface area (Å²) in [5.41, 5.74) is 7.38. The van der Waals surface area contributed by atoms with Gasteiger partial charge in [0.15, 0.2) is 0 Å². The predicted octanol–water partition coefficient (Wildman–Crippen LogP) is 11.6. The van der Waals surface area contributed by atoms with Crippen LogP contribution in [0, 0.1) is 13.8 Å². The van der Waals surface area contributed by atoms with Gasteiger partial charge >= 0.3 is 0 Å². The van der Waals surface area contributed by atoms with E-state index in [-0.39, 0.29) is 5.75 Å². The molecule has 3 aromatic carbocycles.